The maximum atomic E-state index is 11.7. The average Bonchev–Trinajstić information content (AvgIpc) is 2.44. The van der Waals surface area contributed by atoms with E-state index in [9.17, 15) is 4.79 Å². The summed E-state index contributed by atoms with van der Waals surface area (Å²) in [6, 6.07) is 11.7. The van der Waals surface area contributed by atoms with Gasteiger partial charge in [0.1, 0.15) is 0 Å². The predicted octanol–water partition coefficient (Wildman–Crippen LogP) is 2.12. The number of aryl methyl sites for hydroxylation is 1. The molecule has 4 nitrogen and oxygen atoms in total. The van der Waals surface area contributed by atoms with Gasteiger partial charge in [0.15, 0.2) is 0 Å². The lowest BCUT2D eigenvalue weighted by Gasteiger charge is -2.08. The summed E-state index contributed by atoms with van der Waals surface area (Å²) in [5.74, 6) is -0.0293. The molecule has 1 aromatic carbocycles. The highest BCUT2D eigenvalue weighted by Gasteiger charge is 2.01. The minimum atomic E-state index is -0.0293. The minimum Gasteiger partial charge on any atom is -0.376 e. The van der Waals surface area contributed by atoms with Crippen molar-refractivity contribution in [1.82, 2.24) is 10.3 Å². The van der Waals surface area contributed by atoms with Crippen LogP contribution in [0.2, 0.25) is 0 Å². The van der Waals surface area contributed by atoms with Crippen LogP contribution in [0, 0.1) is 6.92 Å². The third kappa shape index (κ3) is 4.43. The molecule has 0 bridgehead atoms. The zero-order chi connectivity index (χ0) is 13.5. The Kier molecular flexibility index (Phi) is 4.50. The lowest BCUT2D eigenvalue weighted by molar-refractivity contribution is -0.119. The fourth-order valence-electron chi connectivity index (χ4n) is 1.70. The highest BCUT2D eigenvalue weighted by atomic mass is 16.1. The molecule has 0 saturated heterocycles. The van der Waals surface area contributed by atoms with E-state index >= 15 is 0 Å². The van der Waals surface area contributed by atoms with Gasteiger partial charge in [0.25, 0.3) is 0 Å². The number of benzene rings is 1. The van der Waals surface area contributed by atoms with E-state index in [1.54, 1.807) is 12.4 Å². The van der Waals surface area contributed by atoms with Gasteiger partial charge in [-0.05, 0) is 42.3 Å². The highest BCUT2D eigenvalue weighted by Crippen LogP contribution is 2.08. The zero-order valence-electron chi connectivity index (χ0n) is 10.9. The van der Waals surface area contributed by atoms with Crippen LogP contribution in [0.4, 0.5) is 5.69 Å². The van der Waals surface area contributed by atoms with E-state index in [1.165, 1.54) is 5.56 Å². The summed E-state index contributed by atoms with van der Waals surface area (Å²) in [6.07, 6.45) is 3.43. The summed E-state index contributed by atoms with van der Waals surface area (Å²) in [7, 11) is 0. The van der Waals surface area contributed by atoms with E-state index in [1.807, 2.05) is 43.3 Å². The molecule has 2 N–H and O–H groups in total. The van der Waals surface area contributed by atoms with Crippen molar-refractivity contribution in [2.45, 2.75) is 13.5 Å². The lowest BCUT2D eigenvalue weighted by atomic mass is 10.2. The summed E-state index contributed by atoms with van der Waals surface area (Å²) >= 11 is 0. The third-order valence-corrected chi connectivity index (χ3v) is 2.71. The van der Waals surface area contributed by atoms with Crippen molar-refractivity contribution in [3.8, 4) is 0 Å². The number of rotatable bonds is 5. The predicted molar refractivity (Wildman–Crippen MR) is 75.8 cm³/mol. The molecule has 0 fully saturated rings. The maximum Gasteiger partial charge on any atom is 0.239 e. The van der Waals surface area contributed by atoms with E-state index in [0.29, 0.717) is 6.54 Å². The monoisotopic (exact) mass is 255 g/mol. The molecule has 0 aliphatic heterocycles. The summed E-state index contributed by atoms with van der Waals surface area (Å²) in [5, 5.41) is 5.95. The Labute approximate surface area is 112 Å². The van der Waals surface area contributed by atoms with Gasteiger partial charge in [-0.3, -0.25) is 9.78 Å². The lowest BCUT2D eigenvalue weighted by Crippen LogP contribution is -2.29. The van der Waals surface area contributed by atoms with Crippen molar-refractivity contribution in [2.24, 2.45) is 0 Å². The van der Waals surface area contributed by atoms with Gasteiger partial charge in [-0.2, -0.15) is 0 Å². The first-order valence-electron chi connectivity index (χ1n) is 6.20. The van der Waals surface area contributed by atoms with Crippen molar-refractivity contribution in [1.29, 1.82) is 0 Å². The molecule has 0 aliphatic carbocycles. The fraction of sp³-hybridized carbons (Fsp3) is 0.200. The quantitative estimate of drug-likeness (QED) is 0.860. The van der Waals surface area contributed by atoms with Crippen LogP contribution in [0.3, 0.4) is 0 Å². The average molecular weight is 255 g/mol. The van der Waals surface area contributed by atoms with Crippen molar-refractivity contribution in [2.75, 3.05) is 11.9 Å². The number of aromatic nitrogens is 1. The Balaban J connectivity index is 1.76. The van der Waals surface area contributed by atoms with Crippen LogP contribution < -0.4 is 10.6 Å². The Bertz CT molecular complexity index is 540. The van der Waals surface area contributed by atoms with E-state index in [2.05, 4.69) is 15.6 Å². The topological polar surface area (TPSA) is 54.0 Å². The van der Waals surface area contributed by atoms with Crippen LogP contribution in [-0.4, -0.2) is 17.4 Å². The highest BCUT2D eigenvalue weighted by molar-refractivity contribution is 5.80. The summed E-state index contributed by atoms with van der Waals surface area (Å²) in [6.45, 7) is 2.82. The van der Waals surface area contributed by atoms with E-state index in [4.69, 9.17) is 0 Å². The number of anilines is 1. The molecule has 0 saturated carbocycles. The number of carbonyl (C=O) groups excluding carboxylic acids is 1. The summed E-state index contributed by atoms with van der Waals surface area (Å²) in [4.78, 5) is 15.6. The molecule has 0 spiro atoms. The van der Waals surface area contributed by atoms with Crippen LogP contribution in [0.15, 0.2) is 48.8 Å². The maximum absolute atomic E-state index is 11.7. The molecule has 2 rings (SSSR count). The zero-order valence-corrected chi connectivity index (χ0v) is 10.9. The van der Waals surface area contributed by atoms with Crippen LogP contribution >= 0.6 is 0 Å². The van der Waals surface area contributed by atoms with E-state index in [-0.39, 0.29) is 12.5 Å². The van der Waals surface area contributed by atoms with Crippen molar-refractivity contribution in [3.63, 3.8) is 0 Å². The fourth-order valence-corrected chi connectivity index (χ4v) is 1.70. The smallest absolute Gasteiger partial charge is 0.239 e. The largest absolute Gasteiger partial charge is 0.376 e. The number of nitrogens with one attached hydrogen (secondary N) is 2. The Morgan fingerprint density at radius 3 is 2.74 bits per heavy atom. The number of pyridine rings is 1. The second-order valence-corrected chi connectivity index (χ2v) is 4.36. The molecular weight excluding hydrogens is 238 g/mol. The summed E-state index contributed by atoms with van der Waals surface area (Å²) < 4.78 is 0. The van der Waals surface area contributed by atoms with Crippen LogP contribution in [0.1, 0.15) is 11.1 Å². The first-order chi connectivity index (χ1) is 9.24. The van der Waals surface area contributed by atoms with Crippen LogP contribution in [0.25, 0.3) is 0 Å². The number of hydrogen-bond donors (Lipinski definition) is 2. The second-order valence-electron chi connectivity index (χ2n) is 4.36. The molecule has 0 aliphatic rings. The normalized spacial score (nSPS) is 9.95. The van der Waals surface area contributed by atoms with E-state index in [0.717, 1.165) is 11.3 Å². The number of nitrogens with zero attached hydrogens (tertiary/aromatic N) is 1. The molecule has 98 valence electrons. The van der Waals surface area contributed by atoms with Gasteiger partial charge < -0.3 is 10.6 Å². The summed E-state index contributed by atoms with van der Waals surface area (Å²) in [5.41, 5.74) is 3.17. The molecule has 0 atom stereocenters. The number of hydrogen-bond acceptors (Lipinski definition) is 3. The van der Waals surface area contributed by atoms with E-state index < -0.39 is 0 Å². The van der Waals surface area contributed by atoms with Crippen molar-refractivity contribution >= 4 is 11.6 Å². The number of carbonyl (C=O) groups is 1. The molecule has 19 heavy (non-hydrogen) atoms. The molecule has 2 aromatic rings. The van der Waals surface area contributed by atoms with Crippen LogP contribution in [-0.2, 0) is 11.3 Å². The Hall–Kier alpha value is -2.36. The Morgan fingerprint density at radius 1 is 1.21 bits per heavy atom. The first kappa shape index (κ1) is 13.1. The van der Waals surface area contributed by atoms with Gasteiger partial charge in [0.2, 0.25) is 5.91 Å². The molecule has 1 heterocycles. The third-order valence-electron chi connectivity index (χ3n) is 2.71. The molecule has 0 unspecified atom stereocenters. The standard InChI is InChI=1S/C15H17N3O/c1-12-3-2-4-14(9-12)17-11-15(19)18-10-13-5-7-16-8-6-13/h2-9,17H,10-11H2,1H3,(H,18,19). The van der Waals surface area contributed by atoms with Gasteiger partial charge in [-0.15, -0.1) is 0 Å². The van der Waals surface area contributed by atoms with Gasteiger partial charge in [-0.1, -0.05) is 12.1 Å². The molecule has 1 aromatic heterocycles. The molecular formula is C15H17N3O. The van der Waals surface area contributed by atoms with Crippen molar-refractivity contribution < 1.29 is 4.79 Å². The molecule has 0 radical (unpaired) electrons. The Morgan fingerprint density at radius 2 is 2.00 bits per heavy atom. The second kappa shape index (κ2) is 6.54. The first-order valence-corrected chi connectivity index (χ1v) is 6.20. The van der Waals surface area contributed by atoms with Crippen LogP contribution in [0.5, 0.6) is 0 Å². The van der Waals surface area contributed by atoms with Gasteiger partial charge in [0.05, 0.1) is 6.54 Å². The van der Waals surface area contributed by atoms with Gasteiger partial charge in [0, 0.05) is 24.6 Å². The van der Waals surface area contributed by atoms with Gasteiger partial charge >= 0.3 is 0 Å². The molecule has 1 amide bonds. The minimum absolute atomic E-state index is 0.0293. The van der Waals surface area contributed by atoms with Crippen molar-refractivity contribution in [3.05, 3.63) is 59.9 Å². The SMILES string of the molecule is Cc1cccc(NCC(=O)NCc2ccncc2)c1. The number of amides is 1. The molecule has 4 heteroatoms. The van der Waals surface area contributed by atoms with Gasteiger partial charge in [-0.25, -0.2) is 0 Å².